The molecule has 0 aromatic heterocycles. The first-order valence-corrected chi connectivity index (χ1v) is 11.8. The van der Waals surface area contributed by atoms with E-state index in [1.807, 2.05) is 0 Å². The fourth-order valence-corrected chi connectivity index (χ4v) is 4.51. The second-order valence-electron chi connectivity index (χ2n) is 9.33. The zero-order valence-electron chi connectivity index (χ0n) is 19.5. The van der Waals surface area contributed by atoms with Gasteiger partial charge in [-0.15, -0.1) is 0 Å². The van der Waals surface area contributed by atoms with Crippen LogP contribution in [0.1, 0.15) is 55.8 Å². The third-order valence-electron chi connectivity index (χ3n) is 6.64. The highest BCUT2D eigenvalue weighted by Crippen LogP contribution is 2.22. The van der Waals surface area contributed by atoms with Gasteiger partial charge in [-0.05, 0) is 76.2 Å². The maximum Gasteiger partial charge on any atom is 0.350 e. The number of benzene rings is 1. The molecule has 1 aromatic rings. The summed E-state index contributed by atoms with van der Waals surface area (Å²) in [5, 5.41) is 27.4. The van der Waals surface area contributed by atoms with Crippen molar-refractivity contribution in [2.75, 3.05) is 26.2 Å². The molecule has 10 nitrogen and oxygen atoms in total. The van der Waals surface area contributed by atoms with Gasteiger partial charge in [0.2, 0.25) is 17.5 Å². The molecule has 1 unspecified atom stereocenters. The van der Waals surface area contributed by atoms with Crippen LogP contribution in [0.2, 0.25) is 0 Å². The lowest BCUT2D eigenvalue weighted by atomic mass is 9.92. The van der Waals surface area contributed by atoms with E-state index in [1.54, 1.807) is 4.90 Å². The van der Waals surface area contributed by atoms with E-state index in [0.717, 1.165) is 32.4 Å². The Morgan fingerprint density at radius 3 is 2.56 bits per heavy atom. The van der Waals surface area contributed by atoms with E-state index in [1.165, 1.54) is 31.2 Å². The zero-order valence-corrected chi connectivity index (χ0v) is 19.5. The molecule has 2 saturated heterocycles. The largest absolute Gasteiger partial charge is 0.508 e. The Labute approximate surface area is 199 Å². The van der Waals surface area contributed by atoms with Crippen LogP contribution < -0.4 is 16.0 Å². The molecule has 3 rings (SSSR count). The topological polar surface area (TPSA) is 148 Å². The summed E-state index contributed by atoms with van der Waals surface area (Å²) in [5.41, 5.74) is -1.99. The first kappa shape index (κ1) is 25.5. The van der Waals surface area contributed by atoms with Crippen molar-refractivity contribution in [2.45, 2.75) is 51.1 Å². The van der Waals surface area contributed by atoms with Crippen LogP contribution in [-0.4, -0.2) is 70.6 Å². The number of carboxylic acids is 1. The number of rotatable bonds is 8. The number of phenolic OH excluding ortho intramolecular Hbond substituents is 1. The molecule has 0 spiro atoms. The quantitative estimate of drug-likeness (QED) is 0.354. The first-order chi connectivity index (χ1) is 16.2. The van der Waals surface area contributed by atoms with Gasteiger partial charge < -0.3 is 31.1 Å². The van der Waals surface area contributed by atoms with Crippen LogP contribution in [0.4, 0.5) is 0 Å². The van der Waals surface area contributed by atoms with Crippen LogP contribution in [0.3, 0.4) is 0 Å². The maximum atomic E-state index is 13.0. The maximum absolute atomic E-state index is 13.0. The number of carbonyl (C=O) groups excluding carboxylic acids is 3. The Kier molecular flexibility index (Phi) is 8.49. The van der Waals surface area contributed by atoms with E-state index < -0.39 is 29.4 Å². The van der Waals surface area contributed by atoms with Crippen LogP contribution in [-0.2, 0) is 14.4 Å². The second-order valence-corrected chi connectivity index (χ2v) is 9.33. The molecule has 34 heavy (non-hydrogen) atoms. The number of likely N-dealkylation sites (tertiary alicyclic amines) is 1. The number of carbonyl (C=O) groups is 4. The summed E-state index contributed by atoms with van der Waals surface area (Å²) in [4.78, 5) is 51.8. The van der Waals surface area contributed by atoms with Gasteiger partial charge in [-0.1, -0.05) is 6.07 Å². The minimum Gasteiger partial charge on any atom is -0.508 e. The highest BCUT2D eigenvalue weighted by atomic mass is 16.4. The SMILES string of the molecule is C[C@](NC(=O)c1cccc(O)c1)(NC(=O)C1CCCN(C(=O)CCC2CCNCC2)C1)C(=O)O. The highest BCUT2D eigenvalue weighted by molar-refractivity contribution is 5.99. The normalized spacial score (nSPS) is 20.7. The molecular formula is C24H34N4O6. The number of aromatic hydroxyl groups is 1. The van der Waals surface area contributed by atoms with E-state index in [4.69, 9.17) is 0 Å². The lowest BCUT2D eigenvalue weighted by Gasteiger charge is -2.35. The molecule has 0 bridgehead atoms. The average Bonchev–Trinajstić information content (AvgIpc) is 2.83. The van der Waals surface area contributed by atoms with Crippen molar-refractivity contribution >= 4 is 23.7 Å². The summed E-state index contributed by atoms with van der Waals surface area (Å²) in [7, 11) is 0. The van der Waals surface area contributed by atoms with E-state index in [2.05, 4.69) is 16.0 Å². The number of phenols is 1. The number of carboxylic acid groups (broad SMARTS) is 1. The zero-order chi connectivity index (χ0) is 24.7. The smallest absolute Gasteiger partial charge is 0.350 e. The van der Waals surface area contributed by atoms with Gasteiger partial charge in [-0.25, -0.2) is 4.79 Å². The summed E-state index contributed by atoms with van der Waals surface area (Å²) in [6, 6.07) is 5.47. The molecule has 2 aliphatic heterocycles. The minimum atomic E-state index is -2.05. The van der Waals surface area contributed by atoms with Gasteiger partial charge in [0.15, 0.2) is 0 Å². The lowest BCUT2D eigenvalue weighted by Crippen LogP contribution is -2.65. The monoisotopic (exact) mass is 474 g/mol. The van der Waals surface area contributed by atoms with Crippen molar-refractivity contribution in [3.63, 3.8) is 0 Å². The second kappa shape index (κ2) is 11.3. The molecule has 5 N–H and O–H groups in total. The lowest BCUT2D eigenvalue weighted by molar-refractivity contribution is -0.149. The number of hydrogen-bond donors (Lipinski definition) is 5. The summed E-state index contributed by atoms with van der Waals surface area (Å²) in [6.45, 7) is 3.97. The summed E-state index contributed by atoms with van der Waals surface area (Å²) < 4.78 is 0. The van der Waals surface area contributed by atoms with Crippen LogP contribution in [0, 0.1) is 11.8 Å². The van der Waals surface area contributed by atoms with Crippen molar-refractivity contribution in [3.05, 3.63) is 29.8 Å². The number of piperidine rings is 2. The molecule has 3 amide bonds. The molecule has 2 fully saturated rings. The molecule has 10 heteroatoms. The Morgan fingerprint density at radius 2 is 1.88 bits per heavy atom. The Balaban J connectivity index is 1.57. The van der Waals surface area contributed by atoms with Crippen LogP contribution in [0.25, 0.3) is 0 Å². The summed E-state index contributed by atoms with van der Waals surface area (Å²) in [6.07, 6.45) is 4.61. The number of aliphatic carboxylic acids is 1. The Bertz CT molecular complexity index is 916. The van der Waals surface area contributed by atoms with Crippen molar-refractivity contribution in [1.82, 2.24) is 20.9 Å². The third-order valence-corrected chi connectivity index (χ3v) is 6.64. The van der Waals surface area contributed by atoms with Crippen molar-refractivity contribution in [2.24, 2.45) is 11.8 Å². The van der Waals surface area contributed by atoms with Crippen LogP contribution >= 0.6 is 0 Å². The van der Waals surface area contributed by atoms with E-state index in [-0.39, 0.29) is 23.8 Å². The number of nitrogens with zero attached hydrogens (tertiary/aromatic N) is 1. The van der Waals surface area contributed by atoms with Gasteiger partial charge in [-0.2, -0.15) is 0 Å². The van der Waals surface area contributed by atoms with Gasteiger partial charge in [0, 0.05) is 25.1 Å². The standard InChI is InChI=1S/C24H34N4O6/c1-24(23(33)34,26-21(31)17-4-2-6-19(29)14-17)27-22(32)18-5-3-13-28(15-18)20(30)8-7-16-9-11-25-12-10-16/h2,4,6,14,16,18,25,29H,3,5,7-13,15H2,1H3,(H,26,31)(H,27,32)(H,33,34)/t18?,24-/m0/s1. The minimum absolute atomic E-state index is 0.0224. The molecule has 2 atom stereocenters. The fraction of sp³-hybridized carbons (Fsp3) is 0.583. The van der Waals surface area contributed by atoms with Gasteiger partial charge in [0.05, 0.1) is 5.92 Å². The molecule has 0 radical (unpaired) electrons. The van der Waals surface area contributed by atoms with Gasteiger partial charge >= 0.3 is 5.97 Å². The van der Waals surface area contributed by atoms with Gasteiger partial charge in [0.1, 0.15) is 5.75 Å². The van der Waals surface area contributed by atoms with Crippen molar-refractivity contribution in [3.8, 4) is 5.75 Å². The molecule has 0 aliphatic carbocycles. The molecular weight excluding hydrogens is 440 g/mol. The van der Waals surface area contributed by atoms with Crippen molar-refractivity contribution < 1.29 is 29.4 Å². The van der Waals surface area contributed by atoms with Gasteiger partial charge in [-0.3, -0.25) is 14.4 Å². The van der Waals surface area contributed by atoms with Crippen LogP contribution in [0.5, 0.6) is 5.75 Å². The van der Waals surface area contributed by atoms with E-state index in [0.29, 0.717) is 31.7 Å². The van der Waals surface area contributed by atoms with Crippen molar-refractivity contribution in [1.29, 1.82) is 0 Å². The van der Waals surface area contributed by atoms with E-state index >= 15 is 0 Å². The van der Waals surface area contributed by atoms with Gasteiger partial charge in [0.25, 0.3) is 5.91 Å². The van der Waals surface area contributed by atoms with E-state index in [9.17, 15) is 29.4 Å². The molecule has 186 valence electrons. The number of nitrogens with one attached hydrogen (secondary N) is 3. The molecule has 1 aromatic carbocycles. The fourth-order valence-electron chi connectivity index (χ4n) is 4.51. The highest BCUT2D eigenvalue weighted by Gasteiger charge is 2.39. The predicted molar refractivity (Wildman–Crippen MR) is 124 cm³/mol. The molecule has 2 heterocycles. The third kappa shape index (κ3) is 6.69. The summed E-state index contributed by atoms with van der Waals surface area (Å²) in [5.74, 6) is -2.85. The number of hydrogen-bond acceptors (Lipinski definition) is 6. The Hall–Kier alpha value is -3.14. The average molecular weight is 475 g/mol. The Morgan fingerprint density at radius 1 is 1.15 bits per heavy atom. The molecule has 0 saturated carbocycles. The first-order valence-electron chi connectivity index (χ1n) is 11.8. The number of amides is 3. The summed E-state index contributed by atoms with van der Waals surface area (Å²) >= 11 is 0. The van der Waals surface area contributed by atoms with Crippen LogP contribution in [0.15, 0.2) is 24.3 Å². The predicted octanol–water partition coefficient (Wildman–Crippen LogP) is 1.06. The molecule has 2 aliphatic rings.